The summed E-state index contributed by atoms with van der Waals surface area (Å²) in [5.74, 6) is 0.948. The maximum absolute atomic E-state index is 5.37. The predicted molar refractivity (Wildman–Crippen MR) is 96.7 cm³/mol. The average Bonchev–Trinajstić information content (AvgIpc) is 3.15. The third kappa shape index (κ3) is 4.03. The number of ether oxygens (including phenoxy) is 1. The van der Waals surface area contributed by atoms with Crippen molar-refractivity contribution in [3.05, 3.63) is 77.6 Å². The van der Waals surface area contributed by atoms with Gasteiger partial charge >= 0.3 is 0 Å². The molecule has 0 bridgehead atoms. The summed E-state index contributed by atoms with van der Waals surface area (Å²) in [6.07, 6.45) is 4.74. The van der Waals surface area contributed by atoms with E-state index in [9.17, 15) is 0 Å². The van der Waals surface area contributed by atoms with E-state index in [1.165, 1.54) is 16.7 Å². The van der Waals surface area contributed by atoms with Crippen LogP contribution < -0.4 is 10.1 Å². The lowest BCUT2D eigenvalue weighted by molar-refractivity contribution is 0.411. The minimum atomic E-state index is 0.849. The van der Waals surface area contributed by atoms with E-state index in [0.717, 1.165) is 30.9 Å². The largest absolute Gasteiger partial charge is 0.496 e. The molecule has 0 aliphatic rings. The van der Waals surface area contributed by atoms with E-state index >= 15 is 0 Å². The summed E-state index contributed by atoms with van der Waals surface area (Å²) in [6, 6.07) is 16.8. The highest BCUT2D eigenvalue weighted by atomic mass is 16.5. The summed E-state index contributed by atoms with van der Waals surface area (Å²) in [5, 5.41) is 7.73. The van der Waals surface area contributed by atoms with Crippen LogP contribution >= 0.6 is 0 Å². The molecular weight excluding hydrogens is 298 g/mol. The highest BCUT2D eigenvalue weighted by molar-refractivity contribution is 5.36. The molecule has 124 valence electrons. The van der Waals surface area contributed by atoms with E-state index in [1.54, 1.807) is 13.3 Å². The second-order valence-electron chi connectivity index (χ2n) is 5.85. The highest BCUT2D eigenvalue weighted by Crippen LogP contribution is 2.18. The van der Waals surface area contributed by atoms with Crippen molar-refractivity contribution >= 4 is 0 Å². The van der Waals surface area contributed by atoms with Crippen LogP contribution in [0.5, 0.6) is 5.75 Å². The molecule has 3 rings (SSSR count). The van der Waals surface area contributed by atoms with Gasteiger partial charge in [0.25, 0.3) is 0 Å². The fourth-order valence-corrected chi connectivity index (χ4v) is 2.68. The molecule has 0 saturated carbocycles. The number of nitrogens with one attached hydrogen (secondary N) is 1. The van der Waals surface area contributed by atoms with Crippen LogP contribution in [0.3, 0.4) is 0 Å². The SMILES string of the molecule is COc1cc(CNCCc2ccc(-n3cccn3)cc2)ccc1C. The minimum Gasteiger partial charge on any atom is -0.496 e. The van der Waals surface area contributed by atoms with Crippen LogP contribution in [0, 0.1) is 6.92 Å². The van der Waals surface area contributed by atoms with E-state index in [1.807, 2.05) is 16.9 Å². The number of hydrogen-bond acceptors (Lipinski definition) is 3. The lowest BCUT2D eigenvalue weighted by Crippen LogP contribution is -2.16. The molecular formula is C20H23N3O. The van der Waals surface area contributed by atoms with Crippen LogP contribution in [-0.2, 0) is 13.0 Å². The van der Waals surface area contributed by atoms with Crippen LogP contribution in [0.2, 0.25) is 0 Å². The molecule has 0 atom stereocenters. The van der Waals surface area contributed by atoms with Crippen LogP contribution in [0.1, 0.15) is 16.7 Å². The molecule has 0 radical (unpaired) electrons. The van der Waals surface area contributed by atoms with Crippen molar-refractivity contribution in [3.8, 4) is 11.4 Å². The smallest absolute Gasteiger partial charge is 0.122 e. The van der Waals surface area contributed by atoms with Crippen LogP contribution in [-0.4, -0.2) is 23.4 Å². The van der Waals surface area contributed by atoms with Gasteiger partial charge in [0.05, 0.1) is 12.8 Å². The molecule has 0 saturated heterocycles. The van der Waals surface area contributed by atoms with Crippen LogP contribution in [0.25, 0.3) is 5.69 Å². The molecule has 24 heavy (non-hydrogen) atoms. The number of nitrogens with zero attached hydrogens (tertiary/aromatic N) is 2. The second-order valence-corrected chi connectivity index (χ2v) is 5.85. The van der Waals surface area contributed by atoms with Gasteiger partial charge in [-0.05, 0) is 60.8 Å². The molecule has 3 aromatic rings. The van der Waals surface area contributed by atoms with Gasteiger partial charge in [0.2, 0.25) is 0 Å². The zero-order valence-electron chi connectivity index (χ0n) is 14.2. The minimum absolute atomic E-state index is 0.849. The third-order valence-corrected chi connectivity index (χ3v) is 4.10. The van der Waals surface area contributed by atoms with Crippen LogP contribution in [0.4, 0.5) is 0 Å². The summed E-state index contributed by atoms with van der Waals surface area (Å²) in [7, 11) is 1.71. The number of benzene rings is 2. The van der Waals surface area contributed by atoms with E-state index in [2.05, 4.69) is 59.8 Å². The summed E-state index contributed by atoms with van der Waals surface area (Å²) in [5.41, 5.74) is 4.81. The Morgan fingerprint density at radius 1 is 1.08 bits per heavy atom. The van der Waals surface area contributed by atoms with E-state index in [-0.39, 0.29) is 0 Å². The second kappa shape index (κ2) is 7.79. The molecule has 1 heterocycles. The molecule has 1 aromatic heterocycles. The molecule has 4 nitrogen and oxygen atoms in total. The summed E-state index contributed by atoms with van der Waals surface area (Å²) < 4.78 is 7.24. The number of aromatic nitrogens is 2. The van der Waals surface area contributed by atoms with Crippen molar-refractivity contribution in [3.63, 3.8) is 0 Å². The van der Waals surface area contributed by atoms with Crippen molar-refractivity contribution < 1.29 is 4.74 Å². The molecule has 4 heteroatoms. The molecule has 1 N–H and O–H groups in total. The average molecular weight is 321 g/mol. The van der Waals surface area contributed by atoms with Gasteiger partial charge in [0.15, 0.2) is 0 Å². The third-order valence-electron chi connectivity index (χ3n) is 4.10. The van der Waals surface area contributed by atoms with Crippen molar-refractivity contribution in [1.29, 1.82) is 0 Å². The first kappa shape index (κ1) is 16.3. The van der Waals surface area contributed by atoms with Crippen molar-refractivity contribution in [2.75, 3.05) is 13.7 Å². The Hall–Kier alpha value is -2.59. The zero-order chi connectivity index (χ0) is 16.8. The maximum atomic E-state index is 5.37. The molecule has 0 spiro atoms. The predicted octanol–water partition coefficient (Wildman–Crippen LogP) is 3.52. The number of hydrogen-bond donors (Lipinski definition) is 1. The quantitative estimate of drug-likeness (QED) is 0.677. The molecule has 0 aliphatic carbocycles. The monoisotopic (exact) mass is 321 g/mol. The van der Waals surface area contributed by atoms with Crippen molar-refractivity contribution in [1.82, 2.24) is 15.1 Å². The standard InChI is InChI=1S/C20H23N3O/c1-16-4-5-18(14-20(16)24-2)15-21-12-10-17-6-8-19(9-7-17)23-13-3-11-22-23/h3-9,11,13-14,21H,10,12,15H2,1-2H3. The molecule has 0 fully saturated rings. The fourth-order valence-electron chi connectivity index (χ4n) is 2.68. The Morgan fingerprint density at radius 3 is 2.58 bits per heavy atom. The Balaban J connectivity index is 1.48. The first-order valence-electron chi connectivity index (χ1n) is 8.19. The lowest BCUT2D eigenvalue weighted by atomic mass is 10.1. The van der Waals surface area contributed by atoms with Gasteiger partial charge in [-0.15, -0.1) is 0 Å². The summed E-state index contributed by atoms with van der Waals surface area (Å²) >= 11 is 0. The normalized spacial score (nSPS) is 10.8. The molecule has 0 unspecified atom stereocenters. The van der Waals surface area contributed by atoms with E-state index < -0.39 is 0 Å². The van der Waals surface area contributed by atoms with Gasteiger partial charge in [0, 0.05) is 18.9 Å². The Kier molecular flexibility index (Phi) is 5.29. The van der Waals surface area contributed by atoms with Gasteiger partial charge in [-0.1, -0.05) is 24.3 Å². The summed E-state index contributed by atoms with van der Waals surface area (Å²) in [6.45, 7) is 3.85. The van der Waals surface area contributed by atoms with Gasteiger partial charge in [-0.2, -0.15) is 5.10 Å². The molecule has 2 aromatic carbocycles. The summed E-state index contributed by atoms with van der Waals surface area (Å²) in [4.78, 5) is 0. The molecule has 0 aliphatic heterocycles. The lowest BCUT2D eigenvalue weighted by Gasteiger charge is -2.09. The highest BCUT2D eigenvalue weighted by Gasteiger charge is 2.01. The van der Waals surface area contributed by atoms with Crippen molar-refractivity contribution in [2.45, 2.75) is 19.9 Å². The number of methoxy groups -OCH3 is 1. The number of rotatable bonds is 7. The molecule has 0 amide bonds. The topological polar surface area (TPSA) is 39.1 Å². The first-order chi connectivity index (χ1) is 11.8. The van der Waals surface area contributed by atoms with E-state index in [4.69, 9.17) is 4.74 Å². The van der Waals surface area contributed by atoms with Crippen LogP contribution in [0.15, 0.2) is 60.9 Å². The first-order valence-corrected chi connectivity index (χ1v) is 8.19. The van der Waals surface area contributed by atoms with Gasteiger partial charge in [0.1, 0.15) is 5.75 Å². The number of aryl methyl sites for hydroxylation is 1. The fraction of sp³-hybridized carbons (Fsp3) is 0.250. The zero-order valence-corrected chi connectivity index (χ0v) is 14.2. The van der Waals surface area contributed by atoms with Gasteiger partial charge < -0.3 is 10.1 Å². The van der Waals surface area contributed by atoms with Gasteiger partial charge in [-0.25, -0.2) is 4.68 Å². The van der Waals surface area contributed by atoms with Crippen molar-refractivity contribution in [2.24, 2.45) is 0 Å². The maximum Gasteiger partial charge on any atom is 0.122 e. The van der Waals surface area contributed by atoms with Gasteiger partial charge in [-0.3, -0.25) is 0 Å². The Morgan fingerprint density at radius 2 is 1.88 bits per heavy atom. The Labute approximate surface area is 143 Å². The van der Waals surface area contributed by atoms with E-state index in [0.29, 0.717) is 0 Å². The Bertz CT molecular complexity index is 764.